The maximum absolute atomic E-state index is 2.55. The monoisotopic (exact) mass is 120 g/mol. The molecule has 0 spiro atoms. The van der Waals surface area contributed by atoms with Gasteiger partial charge in [-0.2, -0.15) is 0 Å². The van der Waals surface area contributed by atoms with Crippen LogP contribution in [0.5, 0.6) is 0 Å². The Labute approximate surface area is 55.6 Å². The molecule has 9 heavy (non-hydrogen) atoms. The summed E-state index contributed by atoms with van der Waals surface area (Å²) in [7, 11) is 0. The van der Waals surface area contributed by atoms with E-state index in [4.69, 9.17) is 0 Å². The summed E-state index contributed by atoms with van der Waals surface area (Å²) >= 11 is 0. The highest BCUT2D eigenvalue weighted by Gasteiger charge is 2.84. The highest BCUT2D eigenvalue weighted by molar-refractivity contribution is 5.31. The fourth-order valence-corrected chi connectivity index (χ4v) is 4.87. The van der Waals surface area contributed by atoms with Gasteiger partial charge in [0.15, 0.2) is 0 Å². The summed E-state index contributed by atoms with van der Waals surface area (Å²) < 4.78 is 0. The summed E-state index contributed by atoms with van der Waals surface area (Å²) in [5.41, 5.74) is 0.903. The van der Waals surface area contributed by atoms with Crippen molar-refractivity contribution in [3.05, 3.63) is 0 Å². The average molecular weight is 120 g/mol. The number of hydrogen-bond acceptors (Lipinski definition) is 0. The van der Waals surface area contributed by atoms with E-state index in [1.54, 1.807) is 12.8 Å². The van der Waals surface area contributed by atoms with Crippen LogP contribution < -0.4 is 0 Å². The Hall–Kier alpha value is 0. The summed E-state index contributed by atoms with van der Waals surface area (Å²) in [5, 5.41) is 0. The van der Waals surface area contributed by atoms with E-state index in [2.05, 4.69) is 6.92 Å². The Morgan fingerprint density at radius 3 is 2.44 bits per heavy atom. The van der Waals surface area contributed by atoms with Crippen LogP contribution in [0.25, 0.3) is 0 Å². The molecule has 0 heteroatoms. The molecule has 5 aliphatic carbocycles. The van der Waals surface area contributed by atoms with Crippen molar-refractivity contribution in [1.29, 1.82) is 0 Å². The second-order valence-electron chi connectivity index (χ2n) is 4.98. The molecule has 6 unspecified atom stereocenters. The molecule has 5 saturated carbocycles. The molecule has 0 amide bonds. The molecule has 0 aromatic rings. The van der Waals surface area contributed by atoms with E-state index < -0.39 is 0 Å². The second kappa shape index (κ2) is 0.741. The van der Waals surface area contributed by atoms with Crippen molar-refractivity contribution >= 4 is 0 Å². The van der Waals surface area contributed by atoms with Gasteiger partial charge in [0.1, 0.15) is 0 Å². The molecule has 0 saturated heterocycles. The first kappa shape index (κ1) is 4.00. The molecule has 6 bridgehead atoms. The lowest BCUT2D eigenvalue weighted by atomic mass is 9.62. The molecule has 0 aliphatic heterocycles. The molecule has 5 fully saturated rings. The zero-order valence-corrected chi connectivity index (χ0v) is 5.80. The maximum Gasteiger partial charge on any atom is -0.0258 e. The predicted octanol–water partition coefficient (Wildman–Crippen LogP) is 1.91. The second-order valence-corrected chi connectivity index (χ2v) is 4.98. The minimum atomic E-state index is 0.903. The summed E-state index contributed by atoms with van der Waals surface area (Å²) in [4.78, 5) is 0. The molecule has 0 N–H and O–H groups in total. The fraction of sp³-hybridized carbons (Fsp3) is 1.00. The van der Waals surface area contributed by atoms with Crippen molar-refractivity contribution in [1.82, 2.24) is 0 Å². The Morgan fingerprint density at radius 2 is 2.22 bits per heavy atom. The first-order valence-corrected chi connectivity index (χ1v) is 4.32. The standard InChI is InChI=1S/C9H12/c1-9-3-5-6(9)2-4-7(5)8(4)9/h4-8H,2-3H2,1H3. The largest absolute Gasteiger partial charge is 0.0591 e. The van der Waals surface area contributed by atoms with E-state index in [1.165, 1.54) is 29.6 Å². The summed E-state index contributed by atoms with van der Waals surface area (Å²) in [6, 6.07) is 0. The lowest BCUT2D eigenvalue weighted by Gasteiger charge is -2.43. The van der Waals surface area contributed by atoms with Crippen LogP contribution in [0.3, 0.4) is 0 Å². The van der Waals surface area contributed by atoms with E-state index in [0.29, 0.717) is 0 Å². The van der Waals surface area contributed by atoms with Crippen molar-refractivity contribution in [2.24, 2.45) is 35.0 Å². The molecule has 6 atom stereocenters. The molecule has 0 nitrogen and oxygen atoms in total. The van der Waals surface area contributed by atoms with E-state index in [9.17, 15) is 0 Å². The van der Waals surface area contributed by atoms with Gasteiger partial charge in [-0.1, -0.05) is 6.92 Å². The van der Waals surface area contributed by atoms with Gasteiger partial charge in [0, 0.05) is 0 Å². The van der Waals surface area contributed by atoms with Crippen LogP contribution in [0.1, 0.15) is 19.8 Å². The molecular weight excluding hydrogens is 108 g/mol. The van der Waals surface area contributed by atoms with Gasteiger partial charge in [-0.15, -0.1) is 0 Å². The van der Waals surface area contributed by atoms with Gasteiger partial charge in [-0.05, 0) is 47.8 Å². The quantitative estimate of drug-likeness (QED) is 0.458. The molecule has 0 aromatic carbocycles. The van der Waals surface area contributed by atoms with Crippen LogP contribution in [-0.2, 0) is 0 Å². The third kappa shape index (κ3) is 0.189. The van der Waals surface area contributed by atoms with E-state index in [0.717, 1.165) is 5.41 Å². The summed E-state index contributed by atoms with van der Waals surface area (Å²) in [6.07, 6.45) is 3.25. The van der Waals surface area contributed by atoms with Crippen LogP contribution in [0.2, 0.25) is 0 Å². The Morgan fingerprint density at radius 1 is 1.33 bits per heavy atom. The topological polar surface area (TPSA) is 0 Å². The van der Waals surface area contributed by atoms with Crippen molar-refractivity contribution in [2.75, 3.05) is 0 Å². The van der Waals surface area contributed by atoms with Gasteiger partial charge in [0.05, 0.1) is 0 Å². The van der Waals surface area contributed by atoms with Gasteiger partial charge >= 0.3 is 0 Å². The Bertz CT molecular complexity index is 200. The van der Waals surface area contributed by atoms with Crippen LogP contribution in [0.4, 0.5) is 0 Å². The molecule has 0 radical (unpaired) electrons. The number of rotatable bonds is 0. The number of hydrogen-bond donors (Lipinski definition) is 0. The zero-order chi connectivity index (χ0) is 5.80. The molecule has 5 rings (SSSR count). The minimum absolute atomic E-state index is 0.903. The Balaban J connectivity index is 2.06. The van der Waals surface area contributed by atoms with Gasteiger partial charge in [-0.25, -0.2) is 0 Å². The van der Waals surface area contributed by atoms with Gasteiger partial charge in [-0.3, -0.25) is 0 Å². The first-order valence-electron chi connectivity index (χ1n) is 4.32. The lowest BCUT2D eigenvalue weighted by Crippen LogP contribution is -2.36. The highest BCUT2D eigenvalue weighted by atomic mass is 14.9. The van der Waals surface area contributed by atoms with Crippen molar-refractivity contribution in [3.8, 4) is 0 Å². The van der Waals surface area contributed by atoms with E-state index in [-0.39, 0.29) is 0 Å². The molecule has 0 heterocycles. The first-order chi connectivity index (χ1) is 4.32. The van der Waals surface area contributed by atoms with Gasteiger partial charge in [0.25, 0.3) is 0 Å². The molecule has 5 aliphatic rings. The van der Waals surface area contributed by atoms with Crippen LogP contribution >= 0.6 is 0 Å². The fourth-order valence-electron chi connectivity index (χ4n) is 4.87. The maximum atomic E-state index is 2.55. The minimum Gasteiger partial charge on any atom is -0.0591 e. The third-order valence-electron chi connectivity index (χ3n) is 5.05. The van der Waals surface area contributed by atoms with E-state index in [1.807, 2.05) is 0 Å². The molecule has 48 valence electrons. The van der Waals surface area contributed by atoms with Crippen LogP contribution in [0.15, 0.2) is 0 Å². The van der Waals surface area contributed by atoms with E-state index >= 15 is 0 Å². The third-order valence-corrected chi connectivity index (χ3v) is 5.05. The van der Waals surface area contributed by atoms with Gasteiger partial charge in [0.2, 0.25) is 0 Å². The summed E-state index contributed by atoms with van der Waals surface area (Å²) in [5.74, 6) is 6.22. The molecular formula is C9H12. The van der Waals surface area contributed by atoms with Crippen molar-refractivity contribution in [3.63, 3.8) is 0 Å². The van der Waals surface area contributed by atoms with Gasteiger partial charge < -0.3 is 0 Å². The predicted molar refractivity (Wildman–Crippen MR) is 34.8 cm³/mol. The van der Waals surface area contributed by atoms with Crippen molar-refractivity contribution in [2.45, 2.75) is 19.8 Å². The highest BCUT2D eigenvalue weighted by Crippen LogP contribution is 2.89. The van der Waals surface area contributed by atoms with Crippen LogP contribution in [0, 0.1) is 35.0 Å². The Kier molecular flexibility index (Phi) is 0.329. The SMILES string of the molecule is CC12CC3C4C(CC31)C42. The zero-order valence-electron chi connectivity index (χ0n) is 5.80. The lowest BCUT2D eigenvalue weighted by molar-refractivity contribution is 0.0584. The summed E-state index contributed by atoms with van der Waals surface area (Å²) in [6.45, 7) is 2.55. The van der Waals surface area contributed by atoms with Crippen LogP contribution in [-0.4, -0.2) is 0 Å². The average Bonchev–Trinajstić information content (AvgIpc) is 2.21. The normalized spacial score (nSPS) is 87.0. The smallest absolute Gasteiger partial charge is 0.0258 e. The van der Waals surface area contributed by atoms with Crippen molar-refractivity contribution < 1.29 is 0 Å². The molecule has 0 aromatic heterocycles.